The number of aryl methyl sites for hydroxylation is 2. The smallest absolute Gasteiger partial charge is 0.289 e. The predicted octanol–water partition coefficient (Wildman–Crippen LogP) is 4.41. The number of fused-ring (bicyclic) bond motifs is 1. The first kappa shape index (κ1) is 18.0. The van der Waals surface area contributed by atoms with E-state index in [0.717, 1.165) is 22.2 Å². The maximum absolute atomic E-state index is 12.5. The molecule has 0 fully saturated rings. The molecule has 0 aliphatic rings. The molecule has 2 aromatic carbocycles. The van der Waals surface area contributed by atoms with Crippen LogP contribution in [0.25, 0.3) is 11.0 Å². The lowest BCUT2D eigenvalue weighted by atomic mass is 10.1. The van der Waals surface area contributed by atoms with Crippen LogP contribution in [-0.4, -0.2) is 30.3 Å². The van der Waals surface area contributed by atoms with Gasteiger partial charge in [0.2, 0.25) is 5.91 Å². The average molecular weight is 371 g/mol. The number of nitrogens with zero attached hydrogens (tertiary/aromatic N) is 1. The van der Waals surface area contributed by atoms with Crippen molar-refractivity contribution >= 4 is 40.1 Å². The highest BCUT2D eigenvalue weighted by Gasteiger charge is 2.19. The van der Waals surface area contributed by atoms with Crippen molar-refractivity contribution in [2.75, 3.05) is 18.9 Å². The first-order valence-electron chi connectivity index (χ1n) is 8.16. The quantitative estimate of drug-likeness (QED) is 0.739. The van der Waals surface area contributed by atoms with E-state index in [0.29, 0.717) is 10.6 Å². The number of para-hydroxylation sites is 1. The number of hydrogen-bond acceptors (Lipinski definition) is 3. The minimum Gasteiger partial charge on any atom is -0.451 e. The predicted molar refractivity (Wildman–Crippen MR) is 103 cm³/mol. The lowest BCUT2D eigenvalue weighted by molar-refractivity contribution is -0.116. The van der Waals surface area contributed by atoms with Gasteiger partial charge >= 0.3 is 0 Å². The molecule has 134 valence electrons. The third-order valence-corrected chi connectivity index (χ3v) is 4.40. The van der Waals surface area contributed by atoms with E-state index in [-0.39, 0.29) is 24.1 Å². The second-order valence-electron chi connectivity index (χ2n) is 6.27. The molecule has 3 aromatic rings. The Morgan fingerprint density at radius 3 is 2.50 bits per heavy atom. The first-order valence-corrected chi connectivity index (χ1v) is 8.53. The third-order valence-electron chi connectivity index (χ3n) is 4.16. The number of likely N-dealkylation sites (N-methyl/N-ethyl adjacent to an activating group) is 1. The van der Waals surface area contributed by atoms with E-state index in [1.807, 2.05) is 32.0 Å². The highest BCUT2D eigenvalue weighted by Crippen LogP contribution is 2.24. The summed E-state index contributed by atoms with van der Waals surface area (Å²) in [7, 11) is 1.56. The Bertz CT molecular complexity index is 974. The van der Waals surface area contributed by atoms with Crippen molar-refractivity contribution < 1.29 is 14.0 Å². The number of carbonyl (C=O) groups excluding carboxylic acids is 2. The largest absolute Gasteiger partial charge is 0.451 e. The molecule has 5 nitrogen and oxygen atoms in total. The van der Waals surface area contributed by atoms with Crippen LogP contribution in [-0.2, 0) is 4.79 Å². The van der Waals surface area contributed by atoms with E-state index in [1.165, 1.54) is 4.90 Å². The summed E-state index contributed by atoms with van der Waals surface area (Å²) in [4.78, 5) is 26.2. The number of halogens is 1. The highest BCUT2D eigenvalue weighted by atomic mass is 35.5. The topological polar surface area (TPSA) is 62.6 Å². The van der Waals surface area contributed by atoms with Crippen LogP contribution in [0.4, 0.5) is 5.69 Å². The highest BCUT2D eigenvalue weighted by molar-refractivity contribution is 6.31. The van der Waals surface area contributed by atoms with Gasteiger partial charge in [-0.05, 0) is 49.2 Å². The maximum Gasteiger partial charge on any atom is 0.289 e. The summed E-state index contributed by atoms with van der Waals surface area (Å²) in [6, 6.07) is 12.6. The van der Waals surface area contributed by atoms with Gasteiger partial charge in [-0.1, -0.05) is 29.8 Å². The molecule has 0 aliphatic heterocycles. The molecule has 1 heterocycles. The van der Waals surface area contributed by atoms with Crippen molar-refractivity contribution in [3.8, 4) is 0 Å². The molecule has 3 rings (SSSR count). The second-order valence-corrected chi connectivity index (χ2v) is 6.71. The first-order chi connectivity index (χ1) is 12.3. The Morgan fingerprint density at radius 1 is 1.12 bits per heavy atom. The van der Waals surface area contributed by atoms with Gasteiger partial charge in [0.1, 0.15) is 5.58 Å². The van der Waals surface area contributed by atoms with Gasteiger partial charge in [-0.3, -0.25) is 9.59 Å². The molecule has 0 saturated carbocycles. The van der Waals surface area contributed by atoms with Crippen LogP contribution in [0.2, 0.25) is 5.02 Å². The minimum atomic E-state index is -0.367. The van der Waals surface area contributed by atoms with Crippen LogP contribution in [0.5, 0.6) is 0 Å². The molecule has 0 unspecified atom stereocenters. The maximum atomic E-state index is 12.5. The molecule has 26 heavy (non-hydrogen) atoms. The Labute approximate surface area is 156 Å². The summed E-state index contributed by atoms with van der Waals surface area (Å²) >= 11 is 5.95. The average Bonchev–Trinajstić information content (AvgIpc) is 3.00. The van der Waals surface area contributed by atoms with Crippen molar-refractivity contribution in [1.29, 1.82) is 0 Å². The number of furan rings is 1. The molecule has 0 bridgehead atoms. The molecule has 2 amide bonds. The molecule has 0 aliphatic carbocycles. The van der Waals surface area contributed by atoms with Gasteiger partial charge in [0.05, 0.1) is 6.54 Å². The van der Waals surface area contributed by atoms with Gasteiger partial charge in [-0.2, -0.15) is 0 Å². The molecular weight excluding hydrogens is 352 g/mol. The number of amides is 2. The Hall–Kier alpha value is -2.79. The fourth-order valence-electron chi connectivity index (χ4n) is 2.79. The fraction of sp³-hybridized carbons (Fsp3) is 0.200. The summed E-state index contributed by atoms with van der Waals surface area (Å²) in [5, 5.41) is 4.18. The number of nitrogens with one attached hydrogen (secondary N) is 1. The summed E-state index contributed by atoms with van der Waals surface area (Å²) in [6.07, 6.45) is 0. The van der Waals surface area contributed by atoms with Crippen molar-refractivity contribution in [3.05, 3.63) is 64.4 Å². The molecule has 0 spiro atoms. The van der Waals surface area contributed by atoms with Crippen molar-refractivity contribution in [2.45, 2.75) is 13.8 Å². The van der Waals surface area contributed by atoms with Gasteiger partial charge in [-0.25, -0.2) is 0 Å². The molecule has 0 saturated heterocycles. The molecular formula is C20H19ClN2O3. The van der Waals surface area contributed by atoms with Gasteiger partial charge < -0.3 is 14.6 Å². The van der Waals surface area contributed by atoms with E-state index in [1.54, 1.807) is 31.3 Å². The fourth-order valence-corrected chi connectivity index (χ4v) is 2.97. The van der Waals surface area contributed by atoms with Crippen LogP contribution in [0.15, 0.2) is 46.9 Å². The SMILES string of the molecule is Cc1cccc(C)c1NC(=O)CN(C)C(=O)c1cc2cc(Cl)ccc2o1. The Kier molecular flexibility index (Phi) is 5.00. The van der Waals surface area contributed by atoms with E-state index < -0.39 is 0 Å². The summed E-state index contributed by atoms with van der Waals surface area (Å²) < 4.78 is 5.56. The third kappa shape index (κ3) is 3.73. The van der Waals surface area contributed by atoms with Crippen LogP contribution in [0, 0.1) is 13.8 Å². The number of hydrogen-bond donors (Lipinski definition) is 1. The van der Waals surface area contributed by atoms with E-state index >= 15 is 0 Å². The van der Waals surface area contributed by atoms with Crippen molar-refractivity contribution in [3.63, 3.8) is 0 Å². The Morgan fingerprint density at radius 2 is 1.81 bits per heavy atom. The molecule has 0 radical (unpaired) electrons. The number of carbonyl (C=O) groups is 2. The standard InChI is InChI=1S/C20H19ClN2O3/c1-12-5-4-6-13(2)19(12)22-18(24)11-23(3)20(25)17-10-14-9-15(21)7-8-16(14)26-17/h4-10H,11H2,1-3H3,(H,22,24). The number of benzene rings is 2. The van der Waals surface area contributed by atoms with Crippen LogP contribution in [0.3, 0.4) is 0 Å². The van der Waals surface area contributed by atoms with Gasteiger partial charge in [0.15, 0.2) is 5.76 Å². The van der Waals surface area contributed by atoms with Gasteiger partial charge in [0, 0.05) is 23.1 Å². The van der Waals surface area contributed by atoms with Crippen LogP contribution < -0.4 is 5.32 Å². The zero-order valence-electron chi connectivity index (χ0n) is 14.8. The zero-order valence-corrected chi connectivity index (χ0v) is 15.6. The molecule has 1 aromatic heterocycles. The van der Waals surface area contributed by atoms with Crippen LogP contribution >= 0.6 is 11.6 Å². The second kappa shape index (κ2) is 7.22. The van der Waals surface area contributed by atoms with Crippen molar-refractivity contribution in [1.82, 2.24) is 4.90 Å². The zero-order chi connectivity index (χ0) is 18.8. The van der Waals surface area contributed by atoms with E-state index in [4.69, 9.17) is 16.0 Å². The van der Waals surface area contributed by atoms with Gasteiger partial charge in [-0.15, -0.1) is 0 Å². The Balaban J connectivity index is 1.71. The number of rotatable bonds is 4. The van der Waals surface area contributed by atoms with Crippen molar-refractivity contribution in [2.24, 2.45) is 0 Å². The number of anilines is 1. The molecule has 0 atom stereocenters. The van der Waals surface area contributed by atoms with E-state index in [2.05, 4.69) is 5.32 Å². The molecule has 6 heteroatoms. The minimum absolute atomic E-state index is 0.0790. The molecule has 1 N–H and O–H groups in total. The summed E-state index contributed by atoms with van der Waals surface area (Å²) in [5.74, 6) is -0.462. The lowest BCUT2D eigenvalue weighted by Gasteiger charge is -2.17. The lowest BCUT2D eigenvalue weighted by Crippen LogP contribution is -2.35. The summed E-state index contributed by atoms with van der Waals surface area (Å²) in [5.41, 5.74) is 3.30. The van der Waals surface area contributed by atoms with E-state index in [9.17, 15) is 9.59 Å². The monoisotopic (exact) mass is 370 g/mol. The van der Waals surface area contributed by atoms with Gasteiger partial charge in [0.25, 0.3) is 5.91 Å². The normalized spacial score (nSPS) is 10.8. The van der Waals surface area contributed by atoms with Crippen LogP contribution in [0.1, 0.15) is 21.7 Å². The summed E-state index contributed by atoms with van der Waals surface area (Å²) in [6.45, 7) is 3.78.